The molecule has 3 aromatic carbocycles. The van der Waals surface area contributed by atoms with Crippen molar-refractivity contribution in [3.8, 4) is 11.5 Å². The maximum atomic E-state index is 13.8. The lowest BCUT2D eigenvalue weighted by Gasteiger charge is -2.32. The van der Waals surface area contributed by atoms with Crippen LogP contribution < -0.4 is 14.8 Å². The molecule has 2 amide bonds. The van der Waals surface area contributed by atoms with Crippen LogP contribution in [0.25, 0.3) is 0 Å². The highest BCUT2D eigenvalue weighted by molar-refractivity contribution is 5.88. The normalized spacial score (nSPS) is 13.8. The predicted molar refractivity (Wildman–Crippen MR) is 151 cm³/mol. The van der Waals surface area contributed by atoms with Gasteiger partial charge in [0.2, 0.25) is 11.7 Å². The molecule has 0 bridgehead atoms. The van der Waals surface area contributed by atoms with Crippen molar-refractivity contribution in [3.63, 3.8) is 0 Å². The summed E-state index contributed by atoms with van der Waals surface area (Å²) in [5.74, 6) is -0.279. The number of ether oxygens (including phenoxy) is 2. The van der Waals surface area contributed by atoms with Crippen molar-refractivity contribution in [1.82, 2.24) is 10.2 Å². The van der Waals surface area contributed by atoms with Crippen LogP contribution in [-0.4, -0.2) is 47.4 Å². The van der Waals surface area contributed by atoms with Crippen molar-refractivity contribution in [1.29, 1.82) is 0 Å². The SMILES string of the molecule is COc1cc(OCC(=O)N(Cc2ccc(C)cc2)[C@@H](Cc2ccccc2)C(=O)NC2CCCC2)ccc1[N+](=O)[O-]. The first-order valence-electron chi connectivity index (χ1n) is 13.5. The summed E-state index contributed by atoms with van der Waals surface area (Å²) >= 11 is 0. The molecule has 3 aromatic rings. The molecule has 1 N–H and O–H groups in total. The Kier molecular flexibility index (Phi) is 9.72. The van der Waals surface area contributed by atoms with Gasteiger partial charge in [-0.1, -0.05) is 73.0 Å². The van der Waals surface area contributed by atoms with Crippen LogP contribution in [0.15, 0.2) is 72.8 Å². The number of nitrogens with zero attached hydrogens (tertiary/aromatic N) is 2. The number of benzene rings is 3. The smallest absolute Gasteiger partial charge is 0.311 e. The fourth-order valence-corrected chi connectivity index (χ4v) is 4.94. The Balaban J connectivity index is 1.61. The number of nitro benzene ring substituents is 1. The Labute approximate surface area is 234 Å². The number of aryl methyl sites for hydroxylation is 1. The van der Waals surface area contributed by atoms with Crippen LogP contribution >= 0.6 is 0 Å². The average molecular weight is 546 g/mol. The van der Waals surface area contributed by atoms with Gasteiger partial charge in [0.25, 0.3) is 5.91 Å². The monoisotopic (exact) mass is 545 g/mol. The maximum absolute atomic E-state index is 13.8. The minimum atomic E-state index is -0.758. The zero-order valence-corrected chi connectivity index (χ0v) is 22.9. The molecule has 1 fully saturated rings. The van der Waals surface area contributed by atoms with Crippen LogP contribution in [0.1, 0.15) is 42.4 Å². The minimum absolute atomic E-state index is 0.0318. The van der Waals surface area contributed by atoms with Gasteiger partial charge >= 0.3 is 5.69 Å². The van der Waals surface area contributed by atoms with Crippen LogP contribution in [0.4, 0.5) is 5.69 Å². The summed E-state index contributed by atoms with van der Waals surface area (Å²) in [6, 6.07) is 20.9. The summed E-state index contributed by atoms with van der Waals surface area (Å²) < 4.78 is 10.9. The summed E-state index contributed by atoms with van der Waals surface area (Å²) in [6.45, 7) is 1.86. The molecule has 210 valence electrons. The second kappa shape index (κ2) is 13.6. The molecule has 4 rings (SSSR count). The van der Waals surface area contributed by atoms with Crippen LogP contribution in [0, 0.1) is 17.0 Å². The quantitative estimate of drug-likeness (QED) is 0.254. The van der Waals surface area contributed by atoms with Crippen molar-refractivity contribution in [2.24, 2.45) is 0 Å². The zero-order valence-electron chi connectivity index (χ0n) is 22.9. The molecule has 0 heterocycles. The predicted octanol–water partition coefficient (Wildman–Crippen LogP) is 4.99. The number of carbonyl (C=O) groups is 2. The van der Waals surface area contributed by atoms with Gasteiger partial charge < -0.3 is 19.7 Å². The summed E-state index contributed by atoms with van der Waals surface area (Å²) in [7, 11) is 1.33. The van der Waals surface area contributed by atoms with Crippen LogP contribution in [0.2, 0.25) is 0 Å². The number of rotatable bonds is 12. The molecular weight excluding hydrogens is 510 g/mol. The molecule has 1 atom stereocenters. The molecule has 1 aliphatic rings. The Hall–Kier alpha value is -4.40. The summed E-state index contributed by atoms with van der Waals surface area (Å²) in [5.41, 5.74) is 2.73. The molecule has 0 radical (unpaired) electrons. The third-order valence-corrected chi connectivity index (χ3v) is 7.16. The lowest BCUT2D eigenvalue weighted by Crippen LogP contribution is -2.53. The van der Waals surface area contributed by atoms with E-state index in [2.05, 4.69) is 5.32 Å². The van der Waals surface area contributed by atoms with E-state index in [1.54, 1.807) is 4.90 Å². The highest BCUT2D eigenvalue weighted by atomic mass is 16.6. The first-order chi connectivity index (χ1) is 19.3. The van der Waals surface area contributed by atoms with Crippen molar-refractivity contribution in [2.75, 3.05) is 13.7 Å². The van der Waals surface area contributed by atoms with Crippen LogP contribution in [-0.2, 0) is 22.6 Å². The van der Waals surface area contributed by atoms with Gasteiger partial charge in [-0.3, -0.25) is 19.7 Å². The van der Waals surface area contributed by atoms with Gasteiger partial charge in [-0.25, -0.2) is 0 Å². The Morgan fingerprint density at radius 1 is 1.02 bits per heavy atom. The highest BCUT2D eigenvalue weighted by Gasteiger charge is 2.32. The molecule has 9 heteroatoms. The number of methoxy groups -OCH3 is 1. The van der Waals surface area contributed by atoms with Crippen LogP contribution in [0.5, 0.6) is 11.5 Å². The second-order valence-electron chi connectivity index (χ2n) is 10.1. The van der Waals surface area contributed by atoms with E-state index in [9.17, 15) is 19.7 Å². The first-order valence-corrected chi connectivity index (χ1v) is 13.5. The number of hydrogen-bond acceptors (Lipinski definition) is 6. The van der Waals surface area contributed by atoms with E-state index < -0.39 is 11.0 Å². The van der Waals surface area contributed by atoms with E-state index in [1.807, 2.05) is 61.5 Å². The van der Waals surface area contributed by atoms with E-state index in [0.29, 0.717) is 6.42 Å². The molecular formula is C31H35N3O6. The molecule has 9 nitrogen and oxygen atoms in total. The maximum Gasteiger partial charge on any atom is 0.311 e. The van der Waals surface area contributed by atoms with Gasteiger partial charge in [-0.05, 0) is 37.0 Å². The van der Waals surface area contributed by atoms with Gasteiger partial charge in [-0.15, -0.1) is 0 Å². The molecule has 1 aliphatic carbocycles. The van der Waals surface area contributed by atoms with Crippen molar-refractivity contribution < 1.29 is 24.0 Å². The molecule has 0 unspecified atom stereocenters. The largest absolute Gasteiger partial charge is 0.490 e. The topological polar surface area (TPSA) is 111 Å². The van der Waals surface area contributed by atoms with Crippen molar-refractivity contribution in [3.05, 3.63) is 99.6 Å². The van der Waals surface area contributed by atoms with Gasteiger partial charge in [-0.2, -0.15) is 0 Å². The summed E-state index contributed by atoms with van der Waals surface area (Å²) in [5, 5.41) is 14.4. The van der Waals surface area contributed by atoms with Gasteiger partial charge in [0, 0.05) is 31.1 Å². The summed E-state index contributed by atoms with van der Waals surface area (Å²) in [4.78, 5) is 39.8. The molecule has 0 aromatic heterocycles. The van der Waals surface area contributed by atoms with E-state index >= 15 is 0 Å². The third-order valence-electron chi connectivity index (χ3n) is 7.16. The van der Waals surface area contributed by atoms with Crippen LogP contribution in [0.3, 0.4) is 0 Å². The molecule has 0 saturated heterocycles. The standard InChI is InChI=1S/C31H35N3O6/c1-22-12-14-24(15-13-22)20-33(30(35)21-40-26-16-17-27(34(37)38)29(19-26)39-2)28(18-23-8-4-3-5-9-23)31(36)32-25-10-6-7-11-25/h3-5,8-9,12-17,19,25,28H,6-7,10-11,18,20-21H2,1-2H3,(H,32,36)/t28-/m0/s1. The Morgan fingerprint density at radius 3 is 2.38 bits per heavy atom. The third kappa shape index (κ3) is 7.59. The number of carbonyl (C=O) groups excluding carboxylic acids is 2. The average Bonchev–Trinajstić information content (AvgIpc) is 3.47. The van der Waals surface area contributed by atoms with Gasteiger partial charge in [0.15, 0.2) is 6.61 Å². The molecule has 0 aliphatic heterocycles. The van der Waals surface area contributed by atoms with Crippen molar-refractivity contribution in [2.45, 2.75) is 57.7 Å². The second-order valence-corrected chi connectivity index (χ2v) is 10.1. The first kappa shape index (κ1) is 28.6. The molecule has 0 spiro atoms. The van der Waals surface area contributed by atoms with Gasteiger partial charge in [0.05, 0.1) is 12.0 Å². The lowest BCUT2D eigenvalue weighted by atomic mass is 10.0. The summed E-state index contributed by atoms with van der Waals surface area (Å²) in [6.07, 6.45) is 4.36. The zero-order chi connectivity index (χ0) is 28.5. The fourth-order valence-electron chi connectivity index (χ4n) is 4.94. The molecule has 40 heavy (non-hydrogen) atoms. The lowest BCUT2D eigenvalue weighted by molar-refractivity contribution is -0.385. The highest BCUT2D eigenvalue weighted by Crippen LogP contribution is 2.31. The van der Waals surface area contributed by atoms with Crippen molar-refractivity contribution >= 4 is 17.5 Å². The van der Waals surface area contributed by atoms with E-state index in [-0.39, 0.29) is 48.2 Å². The molecule has 1 saturated carbocycles. The number of amides is 2. The van der Waals surface area contributed by atoms with E-state index in [0.717, 1.165) is 42.4 Å². The fraction of sp³-hybridized carbons (Fsp3) is 0.355. The number of nitro groups is 1. The minimum Gasteiger partial charge on any atom is -0.490 e. The number of hydrogen-bond donors (Lipinski definition) is 1. The van der Waals surface area contributed by atoms with E-state index in [4.69, 9.17) is 9.47 Å². The Morgan fingerprint density at radius 2 is 1.73 bits per heavy atom. The number of nitrogens with one attached hydrogen (secondary N) is 1. The van der Waals surface area contributed by atoms with E-state index in [1.165, 1.54) is 25.3 Å². The Bertz CT molecular complexity index is 1310. The van der Waals surface area contributed by atoms with Gasteiger partial charge in [0.1, 0.15) is 11.8 Å².